The molecule has 1 amide bonds. The minimum Gasteiger partial charge on any atom is -0.419 e. The Bertz CT molecular complexity index is 1160. The number of rotatable bonds is 8. The Morgan fingerprint density at radius 2 is 2.03 bits per heavy atom. The molecular weight excluding hydrogens is 434 g/mol. The molecule has 166 valence electrons. The van der Waals surface area contributed by atoms with Crippen LogP contribution in [0.2, 0.25) is 5.02 Å². The van der Waals surface area contributed by atoms with Crippen molar-refractivity contribution < 1.29 is 14.1 Å². The zero-order chi connectivity index (χ0) is 22.8. The van der Waals surface area contributed by atoms with Crippen molar-refractivity contribution in [3.05, 3.63) is 69.1 Å². The van der Waals surface area contributed by atoms with Crippen LogP contribution in [0.1, 0.15) is 42.9 Å². The molecule has 32 heavy (non-hydrogen) atoms. The Balaban J connectivity index is 1.57. The topological polar surface area (TPSA) is 114 Å². The molecule has 1 aromatic heterocycles. The van der Waals surface area contributed by atoms with Gasteiger partial charge in [0, 0.05) is 23.7 Å². The number of aromatic nitrogens is 2. The number of carbonyl (C=O) groups excluding carboxylic acids is 1. The van der Waals surface area contributed by atoms with E-state index in [4.69, 9.17) is 16.0 Å². The molecule has 0 saturated heterocycles. The third kappa shape index (κ3) is 4.72. The second-order valence-corrected chi connectivity index (χ2v) is 8.32. The highest BCUT2D eigenvalue weighted by Gasteiger charge is 2.28. The summed E-state index contributed by atoms with van der Waals surface area (Å²) in [6.45, 7) is 3.76. The third-order valence-corrected chi connectivity index (χ3v) is 5.47. The molecule has 3 aromatic rings. The minimum absolute atomic E-state index is 0.0594. The SMILES string of the molecule is CC(C)N(Cc1nnc(-c2ccccc2Cl)o1)C(=O)c1ccc(NC2CC2)c([N+](=O)[O-])c1. The summed E-state index contributed by atoms with van der Waals surface area (Å²) in [5.74, 6) is 0.134. The summed E-state index contributed by atoms with van der Waals surface area (Å²) in [6.07, 6.45) is 1.97. The van der Waals surface area contributed by atoms with E-state index in [9.17, 15) is 14.9 Å². The summed E-state index contributed by atoms with van der Waals surface area (Å²) in [6, 6.07) is 11.6. The van der Waals surface area contributed by atoms with Crippen LogP contribution < -0.4 is 5.32 Å². The van der Waals surface area contributed by atoms with E-state index in [0.29, 0.717) is 16.3 Å². The molecule has 1 heterocycles. The van der Waals surface area contributed by atoms with E-state index < -0.39 is 4.92 Å². The van der Waals surface area contributed by atoms with Gasteiger partial charge in [0.2, 0.25) is 11.8 Å². The molecule has 1 fully saturated rings. The quantitative estimate of drug-likeness (QED) is 0.378. The van der Waals surface area contributed by atoms with Gasteiger partial charge in [-0.15, -0.1) is 10.2 Å². The van der Waals surface area contributed by atoms with Gasteiger partial charge in [-0.1, -0.05) is 23.7 Å². The number of benzene rings is 2. The minimum atomic E-state index is -0.477. The van der Waals surface area contributed by atoms with Gasteiger partial charge in [-0.05, 0) is 51.0 Å². The number of anilines is 1. The molecule has 1 aliphatic carbocycles. The molecule has 10 heteroatoms. The van der Waals surface area contributed by atoms with E-state index in [1.807, 2.05) is 19.9 Å². The van der Waals surface area contributed by atoms with Crippen LogP contribution in [0.5, 0.6) is 0 Å². The molecule has 1 aliphatic rings. The van der Waals surface area contributed by atoms with Crippen molar-refractivity contribution in [2.45, 2.75) is 45.3 Å². The monoisotopic (exact) mass is 455 g/mol. The smallest absolute Gasteiger partial charge is 0.293 e. The second kappa shape index (κ2) is 8.96. The maximum absolute atomic E-state index is 13.2. The summed E-state index contributed by atoms with van der Waals surface area (Å²) >= 11 is 6.19. The highest BCUT2D eigenvalue weighted by atomic mass is 35.5. The first kappa shape index (κ1) is 21.8. The summed E-state index contributed by atoms with van der Waals surface area (Å²) < 4.78 is 5.73. The van der Waals surface area contributed by atoms with Crippen LogP contribution >= 0.6 is 11.6 Å². The average Bonchev–Trinajstić information content (AvgIpc) is 3.46. The maximum Gasteiger partial charge on any atom is 0.293 e. The van der Waals surface area contributed by atoms with Crippen molar-refractivity contribution in [1.82, 2.24) is 15.1 Å². The van der Waals surface area contributed by atoms with Gasteiger partial charge >= 0.3 is 0 Å². The molecule has 0 unspecified atom stereocenters. The van der Waals surface area contributed by atoms with Crippen molar-refractivity contribution in [2.24, 2.45) is 0 Å². The fourth-order valence-corrected chi connectivity index (χ4v) is 3.46. The number of halogens is 1. The standard InChI is InChI=1S/C22H22ClN5O4/c1-13(2)27(12-20-25-26-21(32-20)16-5-3-4-6-17(16)23)22(29)14-7-10-18(24-15-8-9-15)19(11-14)28(30)31/h3-7,10-11,13,15,24H,8-9,12H2,1-2H3. The van der Waals surface area contributed by atoms with Gasteiger partial charge in [-0.25, -0.2) is 0 Å². The number of nitro groups is 1. The lowest BCUT2D eigenvalue weighted by Crippen LogP contribution is -2.36. The third-order valence-electron chi connectivity index (χ3n) is 5.14. The summed E-state index contributed by atoms with van der Waals surface area (Å²) in [4.78, 5) is 25.8. The largest absolute Gasteiger partial charge is 0.419 e. The Morgan fingerprint density at radius 3 is 2.69 bits per heavy atom. The van der Waals surface area contributed by atoms with Gasteiger partial charge in [-0.2, -0.15) is 0 Å². The molecule has 0 bridgehead atoms. The molecule has 2 aromatic carbocycles. The van der Waals surface area contributed by atoms with Gasteiger partial charge in [0.05, 0.1) is 22.1 Å². The van der Waals surface area contributed by atoms with Crippen molar-refractivity contribution in [1.29, 1.82) is 0 Å². The molecule has 1 saturated carbocycles. The van der Waals surface area contributed by atoms with Crippen LogP contribution in [-0.4, -0.2) is 38.0 Å². The van der Waals surface area contributed by atoms with Crippen LogP contribution in [0, 0.1) is 10.1 Å². The molecule has 4 rings (SSSR count). The molecule has 0 radical (unpaired) electrons. The number of nitro benzene ring substituents is 1. The molecule has 1 N–H and O–H groups in total. The zero-order valence-electron chi connectivity index (χ0n) is 17.6. The zero-order valence-corrected chi connectivity index (χ0v) is 18.4. The van der Waals surface area contributed by atoms with E-state index in [1.165, 1.54) is 11.0 Å². The average molecular weight is 456 g/mol. The molecular formula is C22H22ClN5O4. The summed E-state index contributed by atoms with van der Waals surface area (Å²) in [7, 11) is 0. The first-order valence-electron chi connectivity index (χ1n) is 10.3. The first-order valence-corrected chi connectivity index (χ1v) is 10.6. The van der Waals surface area contributed by atoms with Crippen molar-refractivity contribution >= 4 is 28.9 Å². The van der Waals surface area contributed by atoms with Gasteiger partial charge < -0.3 is 14.6 Å². The number of hydrogen-bond acceptors (Lipinski definition) is 7. The number of amides is 1. The molecule has 0 aliphatic heterocycles. The fourth-order valence-electron chi connectivity index (χ4n) is 3.25. The Hall–Kier alpha value is -3.46. The van der Waals surface area contributed by atoms with E-state index in [1.54, 1.807) is 30.3 Å². The number of hydrogen-bond donors (Lipinski definition) is 1. The lowest BCUT2D eigenvalue weighted by molar-refractivity contribution is -0.384. The van der Waals surface area contributed by atoms with E-state index >= 15 is 0 Å². The van der Waals surface area contributed by atoms with Crippen molar-refractivity contribution in [3.8, 4) is 11.5 Å². The summed E-state index contributed by atoms with van der Waals surface area (Å²) in [5, 5.41) is 23.3. The van der Waals surface area contributed by atoms with Gasteiger partial charge in [0.25, 0.3) is 11.6 Å². The highest BCUT2D eigenvalue weighted by Crippen LogP contribution is 2.32. The van der Waals surface area contributed by atoms with E-state index in [-0.39, 0.29) is 47.6 Å². The van der Waals surface area contributed by atoms with Crippen LogP contribution in [0.15, 0.2) is 46.9 Å². The predicted octanol–water partition coefficient (Wildman–Crippen LogP) is 4.92. The van der Waals surface area contributed by atoms with Crippen molar-refractivity contribution in [3.63, 3.8) is 0 Å². The van der Waals surface area contributed by atoms with E-state index in [0.717, 1.165) is 12.8 Å². The number of nitrogens with one attached hydrogen (secondary N) is 1. The molecule has 0 atom stereocenters. The fraction of sp³-hybridized carbons (Fsp3) is 0.318. The maximum atomic E-state index is 13.2. The first-order chi connectivity index (χ1) is 15.3. The van der Waals surface area contributed by atoms with Crippen LogP contribution in [0.25, 0.3) is 11.5 Å². The Labute approximate surface area is 189 Å². The van der Waals surface area contributed by atoms with Crippen LogP contribution in [-0.2, 0) is 6.54 Å². The van der Waals surface area contributed by atoms with Gasteiger partial charge in [0.1, 0.15) is 5.69 Å². The Kier molecular flexibility index (Phi) is 6.09. The second-order valence-electron chi connectivity index (χ2n) is 7.92. The summed E-state index contributed by atoms with van der Waals surface area (Å²) in [5.41, 5.74) is 1.12. The normalized spacial score (nSPS) is 13.2. The number of carbonyl (C=O) groups is 1. The molecule has 9 nitrogen and oxygen atoms in total. The number of nitrogens with zero attached hydrogens (tertiary/aromatic N) is 4. The highest BCUT2D eigenvalue weighted by molar-refractivity contribution is 6.33. The van der Waals surface area contributed by atoms with Gasteiger partial charge in [-0.3, -0.25) is 14.9 Å². The van der Waals surface area contributed by atoms with Gasteiger partial charge in [0.15, 0.2) is 0 Å². The van der Waals surface area contributed by atoms with Crippen LogP contribution in [0.4, 0.5) is 11.4 Å². The molecule has 0 spiro atoms. The van der Waals surface area contributed by atoms with Crippen LogP contribution in [0.3, 0.4) is 0 Å². The lowest BCUT2D eigenvalue weighted by atomic mass is 10.1. The lowest BCUT2D eigenvalue weighted by Gasteiger charge is -2.25. The Morgan fingerprint density at radius 1 is 1.28 bits per heavy atom. The van der Waals surface area contributed by atoms with E-state index in [2.05, 4.69) is 15.5 Å². The predicted molar refractivity (Wildman–Crippen MR) is 119 cm³/mol. The van der Waals surface area contributed by atoms with Crippen molar-refractivity contribution in [2.75, 3.05) is 5.32 Å².